The highest BCUT2D eigenvalue weighted by Crippen LogP contribution is 2.37. The Hall–Kier alpha value is -5.96. The van der Waals surface area contributed by atoms with Crippen molar-refractivity contribution in [2.24, 2.45) is 0 Å². The third kappa shape index (κ3) is 5.35. The van der Waals surface area contributed by atoms with Crippen molar-refractivity contribution in [1.82, 2.24) is 30.2 Å². The number of para-hydroxylation sites is 1. The van der Waals surface area contributed by atoms with Gasteiger partial charge in [-0.25, -0.2) is 9.97 Å². The predicted molar refractivity (Wildman–Crippen MR) is 184 cm³/mol. The summed E-state index contributed by atoms with van der Waals surface area (Å²) in [4.78, 5) is 16.4. The molecule has 0 saturated carbocycles. The van der Waals surface area contributed by atoms with E-state index < -0.39 is 0 Å². The minimum atomic E-state index is 0.207. The van der Waals surface area contributed by atoms with Crippen LogP contribution in [0.1, 0.15) is 34.2 Å². The van der Waals surface area contributed by atoms with Gasteiger partial charge >= 0.3 is 0 Å². The van der Waals surface area contributed by atoms with Gasteiger partial charge in [-0.15, -0.1) is 0 Å². The molecule has 0 spiro atoms. The van der Waals surface area contributed by atoms with Crippen molar-refractivity contribution in [3.63, 3.8) is 0 Å². The first-order valence-corrected chi connectivity index (χ1v) is 15.4. The van der Waals surface area contributed by atoms with Crippen LogP contribution in [0.5, 0.6) is 5.75 Å². The van der Waals surface area contributed by atoms with Crippen LogP contribution in [0.3, 0.4) is 0 Å². The maximum atomic E-state index is 10.2. The summed E-state index contributed by atoms with van der Waals surface area (Å²) in [6, 6.07) is 23.7. The van der Waals surface area contributed by atoms with E-state index in [2.05, 4.69) is 70.5 Å². The molecular formula is C38H34N6O3. The molecule has 8 aromatic rings. The van der Waals surface area contributed by atoms with Crippen LogP contribution in [0.4, 0.5) is 0 Å². The highest BCUT2D eigenvalue weighted by molar-refractivity contribution is 5.97. The third-order valence-electron chi connectivity index (χ3n) is 8.44. The predicted octanol–water partition coefficient (Wildman–Crippen LogP) is 9.33. The van der Waals surface area contributed by atoms with E-state index >= 15 is 0 Å². The zero-order valence-corrected chi connectivity index (χ0v) is 27.1. The molecule has 3 N–H and O–H groups in total. The Morgan fingerprint density at radius 3 is 1.79 bits per heavy atom. The number of H-pyrrole nitrogens is 2. The molecule has 2 aromatic carbocycles. The van der Waals surface area contributed by atoms with Crippen molar-refractivity contribution in [3.8, 4) is 50.8 Å². The Labute approximate surface area is 271 Å². The first-order valence-electron chi connectivity index (χ1n) is 15.4. The molecule has 6 heterocycles. The van der Waals surface area contributed by atoms with Gasteiger partial charge < -0.3 is 24.1 Å². The van der Waals surface area contributed by atoms with Gasteiger partial charge in [0.05, 0.1) is 45.3 Å². The minimum absolute atomic E-state index is 0.207. The van der Waals surface area contributed by atoms with Crippen LogP contribution in [-0.2, 0) is 0 Å². The standard InChI is InChI=1S/C20H19N3O.C18H15N3O2/c1-11-7-5-6-8-15(11)20-16-9-12(2)21-17(16)10-18(22-20)19-13(3)23-24-14(19)4;1-10-17(11(2)23-21-10)15-9-14-12(7-8-19-14)18(20-15)13-5-3-4-6-16(13)22/h5-10,21H,1-4H3;3-9,19,22H,1-2H3. The number of phenols is 1. The second kappa shape index (κ2) is 11.8. The first-order chi connectivity index (χ1) is 22.7. The van der Waals surface area contributed by atoms with Crippen LogP contribution >= 0.6 is 0 Å². The van der Waals surface area contributed by atoms with Gasteiger partial charge in [0, 0.05) is 44.8 Å². The highest BCUT2D eigenvalue weighted by atomic mass is 16.5. The highest BCUT2D eigenvalue weighted by Gasteiger charge is 2.19. The number of nitrogens with one attached hydrogen (secondary N) is 2. The molecule has 47 heavy (non-hydrogen) atoms. The van der Waals surface area contributed by atoms with E-state index in [9.17, 15) is 5.11 Å². The van der Waals surface area contributed by atoms with Gasteiger partial charge in [-0.3, -0.25) is 0 Å². The van der Waals surface area contributed by atoms with Crippen LogP contribution in [0.15, 0.2) is 88.0 Å². The molecule has 6 aromatic heterocycles. The topological polar surface area (TPSA) is 130 Å². The summed E-state index contributed by atoms with van der Waals surface area (Å²) in [6.07, 6.45) is 1.87. The quantitative estimate of drug-likeness (QED) is 0.178. The SMILES string of the molecule is Cc1cc2c(-c3ccccc3C)nc(-c3c(C)noc3C)cc2[nH]1.Cc1noc(C)c1-c1cc2[nH]ccc2c(-c2ccccc2O)n1. The zero-order valence-electron chi connectivity index (χ0n) is 27.1. The average Bonchev–Trinajstić information content (AvgIpc) is 3.83. The normalized spacial score (nSPS) is 11.3. The summed E-state index contributed by atoms with van der Waals surface area (Å²) in [7, 11) is 0. The molecule has 0 radical (unpaired) electrons. The zero-order chi connectivity index (χ0) is 32.8. The van der Waals surface area contributed by atoms with Gasteiger partial charge in [-0.2, -0.15) is 0 Å². The van der Waals surface area contributed by atoms with E-state index in [0.717, 1.165) is 89.9 Å². The molecule has 0 aliphatic rings. The number of aryl methyl sites for hydroxylation is 6. The van der Waals surface area contributed by atoms with Crippen molar-refractivity contribution in [3.05, 3.63) is 113 Å². The van der Waals surface area contributed by atoms with Crippen molar-refractivity contribution >= 4 is 21.8 Å². The number of benzene rings is 2. The van der Waals surface area contributed by atoms with Crippen LogP contribution in [0.25, 0.3) is 66.8 Å². The summed E-state index contributed by atoms with van der Waals surface area (Å²) in [6.45, 7) is 11.8. The van der Waals surface area contributed by atoms with E-state index in [1.165, 1.54) is 5.56 Å². The number of rotatable bonds is 4. The lowest BCUT2D eigenvalue weighted by Gasteiger charge is -2.09. The Morgan fingerprint density at radius 1 is 0.617 bits per heavy atom. The second-order valence-electron chi connectivity index (χ2n) is 11.8. The summed E-state index contributed by atoms with van der Waals surface area (Å²) >= 11 is 0. The maximum Gasteiger partial charge on any atom is 0.143 e. The summed E-state index contributed by atoms with van der Waals surface area (Å²) in [5.74, 6) is 1.72. The van der Waals surface area contributed by atoms with E-state index in [-0.39, 0.29) is 5.75 Å². The third-order valence-corrected chi connectivity index (χ3v) is 8.44. The lowest BCUT2D eigenvalue weighted by atomic mass is 10.0. The molecule has 0 saturated heterocycles. The number of aromatic hydroxyl groups is 1. The largest absolute Gasteiger partial charge is 0.507 e. The fourth-order valence-electron chi connectivity index (χ4n) is 6.20. The Balaban J connectivity index is 0.000000150. The van der Waals surface area contributed by atoms with E-state index in [1.54, 1.807) is 12.1 Å². The molecule has 0 bridgehead atoms. The Kier molecular flexibility index (Phi) is 7.44. The number of hydrogen-bond acceptors (Lipinski definition) is 7. The van der Waals surface area contributed by atoms with Crippen LogP contribution in [0.2, 0.25) is 0 Å². The molecule has 8 rings (SSSR count). The summed E-state index contributed by atoms with van der Waals surface area (Å²) in [5, 5.41) is 20.4. The van der Waals surface area contributed by atoms with Gasteiger partial charge in [0.2, 0.25) is 0 Å². The first kappa shape index (κ1) is 29.7. The average molecular weight is 623 g/mol. The monoisotopic (exact) mass is 622 g/mol. The van der Waals surface area contributed by atoms with E-state index in [4.69, 9.17) is 19.0 Å². The molecule has 9 nitrogen and oxygen atoms in total. The van der Waals surface area contributed by atoms with Crippen LogP contribution < -0.4 is 0 Å². The van der Waals surface area contributed by atoms with Gasteiger partial charge in [-0.05, 0) is 83.5 Å². The lowest BCUT2D eigenvalue weighted by Crippen LogP contribution is -1.93. The van der Waals surface area contributed by atoms with Crippen LogP contribution in [0, 0.1) is 41.5 Å². The van der Waals surface area contributed by atoms with Gasteiger partial charge in [-0.1, -0.05) is 46.7 Å². The van der Waals surface area contributed by atoms with E-state index in [1.807, 2.05) is 58.2 Å². The smallest absolute Gasteiger partial charge is 0.143 e. The second-order valence-corrected chi connectivity index (χ2v) is 11.8. The van der Waals surface area contributed by atoms with Crippen molar-refractivity contribution < 1.29 is 14.2 Å². The molecule has 0 aliphatic carbocycles. The number of aromatic nitrogens is 6. The molecule has 0 atom stereocenters. The molecule has 0 amide bonds. The Bertz CT molecular complexity index is 2370. The molecule has 0 unspecified atom stereocenters. The number of hydrogen-bond donors (Lipinski definition) is 3. The van der Waals surface area contributed by atoms with Crippen molar-refractivity contribution in [2.45, 2.75) is 41.5 Å². The number of nitrogens with zero attached hydrogens (tertiary/aromatic N) is 4. The fraction of sp³-hybridized carbons (Fsp3) is 0.158. The van der Waals surface area contributed by atoms with Crippen LogP contribution in [-0.4, -0.2) is 35.4 Å². The maximum absolute atomic E-state index is 10.2. The van der Waals surface area contributed by atoms with E-state index in [0.29, 0.717) is 5.56 Å². The molecular weight excluding hydrogens is 588 g/mol. The number of aromatic amines is 2. The lowest BCUT2D eigenvalue weighted by molar-refractivity contribution is 0.393. The van der Waals surface area contributed by atoms with Gasteiger partial charge in [0.1, 0.15) is 17.3 Å². The fourth-order valence-corrected chi connectivity index (χ4v) is 6.20. The van der Waals surface area contributed by atoms with Crippen molar-refractivity contribution in [1.29, 1.82) is 0 Å². The summed E-state index contributed by atoms with van der Waals surface area (Å²) < 4.78 is 10.6. The van der Waals surface area contributed by atoms with Gasteiger partial charge in [0.15, 0.2) is 0 Å². The van der Waals surface area contributed by atoms with Crippen molar-refractivity contribution in [2.75, 3.05) is 0 Å². The number of fused-ring (bicyclic) bond motifs is 2. The molecule has 0 fully saturated rings. The molecule has 234 valence electrons. The summed E-state index contributed by atoms with van der Waals surface area (Å²) in [5.41, 5.74) is 13.1. The Morgan fingerprint density at radius 2 is 1.19 bits per heavy atom. The number of phenolic OH excluding ortho intramolecular Hbond substituents is 1. The molecule has 9 heteroatoms. The molecule has 0 aliphatic heterocycles. The number of pyridine rings is 2. The van der Waals surface area contributed by atoms with Gasteiger partial charge in [0.25, 0.3) is 0 Å². The minimum Gasteiger partial charge on any atom is -0.507 e.